The van der Waals surface area contributed by atoms with Gasteiger partial charge in [0.25, 0.3) is 10.0 Å². The van der Waals surface area contributed by atoms with E-state index in [2.05, 4.69) is 9.71 Å². The van der Waals surface area contributed by atoms with Gasteiger partial charge in [-0.25, -0.2) is 8.42 Å². The second kappa shape index (κ2) is 5.72. The lowest BCUT2D eigenvalue weighted by atomic mass is 10.1. The Bertz CT molecular complexity index is 1040. The van der Waals surface area contributed by atoms with Crippen LogP contribution in [0.5, 0.6) is 0 Å². The third-order valence-electron chi connectivity index (χ3n) is 3.43. The first-order valence-corrected chi connectivity index (χ1v) is 8.63. The average molecular weight is 349 g/mol. The van der Waals surface area contributed by atoms with E-state index in [9.17, 15) is 13.2 Å². The molecule has 3 rings (SSSR count). The van der Waals surface area contributed by atoms with Crippen molar-refractivity contribution >= 4 is 38.2 Å². The Morgan fingerprint density at radius 1 is 1.04 bits per heavy atom. The molecule has 0 unspecified atom stereocenters. The molecule has 0 aliphatic carbocycles. The Morgan fingerprint density at radius 2 is 1.74 bits per heavy atom. The molecule has 0 aliphatic rings. The van der Waals surface area contributed by atoms with Gasteiger partial charge in [0.05, 0.1) is 4.90 Å². The number of nitrogens with one attached hydrogen (secondary N) is 2. The van der Waals surface area contributed by atoms with Crippen molar-refractivity contribution in [3.63, 3.8) is 0 Å². The van der Waals surface area contributed by atoms with Gasteiger partial charge < -0.3 is 4.98 Å². The maximum atomic E-state index is 12.4. The highest BCUT2D eigenvalue weighted by Gasteiger charge is 2.14. The summed E-state index contributed by atoms with van der Waals surface area (Å²) in [6.07, 6.45) is 0. The van der Waals surface area contributed by atoms with Crippen LogP contribution in [-0.4, -0.2) is 13.4 Å². The van der Waals surface area contributed by atoms with Gasteiger partial charge in [-0.1, -0.05) is 11.6 Å². The van der Waals surface area contributed by atoms with E-state index >= 15 is 0 Å². The topological polar surface area (TPSA) is 79.0 Å². The maximum Gasteiger partial charge on any atom is 0.261 e. The second-order valence-electron chi connectivity index (χ2n) is 5.14. The highest BCUT2D eigenvalue weighted by Crippen LogP contribution is 2.22. The van der Waals surface area contributed by atoms with E-state index in [1.165, 1.54) is 30.3 Å². The number of aromatic amines is 1. The lowest BCUT2D eigenvalue weighted by Gasteiger charge is -2.10. The summed E-state index contributed by atoms with van der Waals surface area (Å²) < 4.78 is 27.3. The molecule has 23 heavy (non-hydrogen) atoms. The van der Waals surface area contributed by atoms with Crippen LogP contribution in [0.15, 0.2) is 58.2 Å². The Labute approximate surface area is 138 Å². The number of H-pyrrole nitrogens is 1. The van der Waals surface area contributed by atoms with Crippen LogP contribution in [0, 0.1) is 6.92 Å². The fraction of sp³-hybridized carbons (Fsp3) is 0.0625. The van der Waals surface area contributed by atoms with Crippen LogP contribution in [0.1, 0.15) is 5.56 Å². The molecule has 0 spiro atoms. The lowest BCUT2D eigenvalue weighted by Crippen LogP contribution is -2.13. The third kappa shape index (κ3) is 3.23. The zero-order chi connectivity index (χ0) is 16.6. The van der Waals surface area contributed by atoms with E-state index in [1.54, 1.807) is 25.1 Å². The molecule has 1 aromatic heterocycles. The fourth-order valence-electron chi connectivity index (χ4n) is 2.31. The summed E-state index contributed by atoms with van der Waals surface area (Å²) in [5, 5.41) is 1.25. The predicted molar refractivity (Wildman–Crippen MR) is 91.6 cm³/mol. The zero-order valence-electron chi connectivity index (χ0n) is 12.1. The highest BCUT2D eigenvalue weighted by atomic mass is 35.5. The van der Waals surface area contributed by atoms with Crippen molar-refractivity contribution < 1.29 is 8.42 Å². The molecule has 0 fully saturated rings. The van der Waals surface area contributed by atoms with Gasteiger partial charge in [0.1, 0.15) is 0 Å². The summed E-state index contributed by atoms with van der Waals surface area (Å²) in [6, 6.07) is 12.3. The van der Waals surface area contributed by atoms with Crippen LogP contribution in [-0.2, 0) is 10.0 Å². The molecule has 3 aromatic rings. The summed E-state index contributed by atoms with van der Waals surface area (Å²) in [5.41, 5.74) is 1.66. The number of aryl methyl sites for hydroxylation is 1. The van der Waals surface area contributed by atoms with Crippen molar-refractivity contribution in [1.82, 2.24) is 4.98 Å². The van der Waals surface area contributed by atoms with Gasteiger partial charge in [0.15, 0.2) is 0 Å². The van der Waals surface area contributed by atoms with E-state index in [0.29, 0.717) is 16.2 Å². The van der Waals surface area contributed by atoms with Crippen molar-refractivity contribution in [3.8, 4) is 0 Å². The van der Waals surface area contributed by atoms with Crippen LogP contribution < -0.4 is 10.3 Å². The fourth-order valence-corrected chi connectivity index (χ4v) is 3.49. The molecule has 0 atom stereocenters. The minimum atomic E-state index is -3.70. The normalized spacial score (nSPS) is 11.6. The minimum absolute atomic E-state index is 0.125. The number of anilines is 1. The molecular weight excluding hydrogens is 336 g/mol. The van der Waals surface area contributed by atoms with E-state index < -0.39 is 10.0 Å². The molecule has 0 bridgehead atoms. The van der Waals surface area contributed by atoms with Gasteiger partial charge in [-0.05, 0) is 55.0 Å². The summed E-state index contributed by atoms with van der Waals surface area (Å²) in [5.74, 6) is 0. The minimum Gasteiger partial charge on any atom is -0.322 e. The number of hydrogen-bond donors (Lipinski definition) is 2. The first-order chi connectivity index (χ1) is 10.8. The molecule has 118 valence electrons. The standard InChI is InChI=1S/C16H13ClN2O3S/c1-10-8-16(20)18-15-7-4-12(9-14(10)15)19-23(21,22)13-5-2-11(17)3-6-13/h2-9,19H,1H3,(H,18,20). The van der Waals surface area contributed by atoms with E-state index in [1.807, 2.05) is 0 Å². The SMILES string of the molecule is Cc1cc(=O)[nH]c2ccc(NS(=O)(=O)c3ccc(Cl)cc3)cc12. The van der Waals surface area contributed by atoms with Crippen molar-refractivity contribution in [1.29, 1.82) is 0 Å². The van der Waals surface area contributed by atoms with Gasteiger partial charge in [-0.3, -0.25) is 9.52 Å². The van der Waals surface area contributed by atoms with E-state index in [-0.39, 0.29) is 10.5 Å². The average Bonchev–Trinajstić information content (AvgIpc) is 2.48. The lowest BCUT2D eigenvalue weighted by molar-refractivity contribution is 0.601. The molecule has 2 aromatic carbocycles. The van der Waals surface area contributed by atoms with Crippen molar-refractivity contribution in [3.05, 3.63) is 69.5 Å². The van der Waals surface area contributed by atoms with Crippen molar-refractivity contribution in [2.75, 3.05) is 4.72 Å². The number of sulfonamides is 1. The number of hydrogen-bond acceptors (Lipinski definition) is 3. The number of aromatic nitrogens is 1. The summed E-state index contributed by atoms with van der Waals surface area (Å²) >= 11 is 5.77. The molecule has 5 nitrogen and oxygen atoms in total. The van der Waals surface area contributed by atoms with Crippen molar-refractivity contribution in [2.45, 2.75) is 11.8 Å². The second-order valence-corrected chi connectivity index (χ2v) is 7.26. The number of rotatable bonds is 3. The van der Waals surface area contributed by atoms with Crippen LogP contribution >= 0.6 is 11.6 Å². The molecule has 0 saturated heterocycles. The van der Waals surface area contributed by atoms with Gasteiger partial charge >= 0.3 is 0 Å². The molecule has 0 amide bonds. The summed E-state index contributed by atoms with van der Waals surface area (Å²) in [6.45, 7) is 1.80. The number of benzene rings is 2. The number of fused-ring (bicyclic) bond motifs is 1. The van der Waals surface area contributed by atoms with Gasteiger partial charge in [-0.15, -0.1) is 0 Å². The molecule has 0 aliphatic heterocycles. The zero-order valence-corrected chi connectivity index (χ0v) is 13.7. The van der Waals surface area contributed by atoms with Gasteiger partial charge in [0, 0.05) is 27.7 Å². The van der Waals surface area contributed by atoms with E-state index in [0.717, 1.165) is 10.9 Å². The van der Waals surface area contributed by atoms with Crippen LogP contribution in [0.4, 0.5) is 5.69 Å². The largest absolute Gasteiger partial charge is 0.322 e. The molecule has 7 heteroatoms. The molecule has 1 heterocycles. The summed E-state index contributed by atoms with van der Waals surface area (Å²) in [4.78, 5) is 14.3. The molecular formula is C16H13ClN2O3S. The quantitative estimate of drug-likeness (QED) is 0.762. The molecule has 0 saturated carbocycles. The Balaban J connectivity index is 2.01. The van der Waals surface area contributed by atoms with Crippen LogP contribution in [0.25, 0.3) is 10.9 Å². The summed E-state index contributed by atoms with van der Waals surface area (Å²) in [7, 11) is -3.70. The molecule has 2 N–H and O–H groups in total. The van der Waals surface area contributed by atoms with Crippen molar-refractivity contribution in [2.24, 2.45) is 0 Å². The number of halogens is 1. The van der Waals surface area contributed by atoms with Crippen LogP contribution in [0.3, 0.4) is 0 Å². The van der Waals surface area contributed by atoms with E-state index in [4.69, 9.17) is 11.6 Å². The Hall–Kier alpha value is -2.31. The Morgan fingerprint density at radius 3 is 2.43 bits per heavy atom. The third-order valence-corrected chi connectivity index (χ3v) is 5.08. The van der Waals surface area contributed by atoms with Gasteiger partial charge in [-0.2, -0.15) is 0 Å². The number of pyridine rings is 1. The monoisotopic (exact) mass is 348 g/mol. The molecule has 0 radical (unpaired) electrons. The smallest absolute Gasteiger partial charge is 0.261 e. The predicted octanol–water partition coefficient (Wildman–Crippen LogP) is 3.29. The van der Waals surface area contributed by atoms with Gasteiger partial charge in [0.2, 0.25) is 5.56 Å². The van der Waals surface area contributed by atoms with Crippen LogP contribution in [0.2, 0.25) is 5.02 Å². The first-order valence-electron chi connectivity index (χ1n) is 6.77. The Kier molecular flexibility index (Phi) is 3.87. The highest BCUT2D eigenvalue weighted by molar-refractivity contribution is 7.92. The first kappa shape index (κ1) is 15.6. The maximum absolute atomic E-state index is 12.4.